The van der Waals surface area contributed by atoms with Crippen LogP contribution in [0.25, 0.3) is 0 Å². The van der Waals surface area contributed by atoms with E-state index in [0.29, 0.717) is 13.0 Å². The molecule has 0 saturated heterocycles. The van der Waals surface area contributed by atoms with Crippen molar-refractivity contribution in [1.82, 2.24) is 4.90 Å². The van der Waals surface area contributed by atoms with Crippen LogP contribution in [0.3, 0.4) is 0 Å². The maximum absolute atomic E-state index is 11.8. The van der Waals surface area contributed by atoms with E-state index in [9.17, 15) is 4.79 Å². The molecule has 0 aliphatic rings. The number of thiophene rings is 1. The van der Waals surface area contributed by atoms with E-state index in [1.165, 1.54) is 4.88 Å². The zero-order chi connectivity index (χ0) is 12.1. The van der Waals surface area contributed by atoms with Crippen molar-refractivity contribution in [3.8, 4) is 0 Å². The largest absolute Gasteiger partial charge is 0.338 e. The lowest BCUT2D eigenvalue weighted by atomic mass is 10.2. The normalized spacial score (nSPS) is 12.5. The van der Waals surface area contributed by atoms with E-state index in [1.54, 1.807) is 11.3 Å². The Bertz CT molecular complexity index is 352. The maximum Gasteiger partial charge on any atom is 0.224 e. The minimum atomic E-state index is -0.0726. The van der Waals surface area contributed by atoms with Crippen LogP contribution >= 0.6 is 27.3 Å². The zero-order valence-corrected chi connectivity index (χ0v) is 12.0. The lowest BCUT2D eigenvalue weighted by Gasteiger charge is -2.21. The number of halogens is 1. The van der Waals surface area contributed by atoms with Crippen LogP contribution in [0.4, 0.5) is 0 Å². The van der Waals surface area contributed by atoms with Crippen molar-refractivity contribution < 1.29 is 4.79 Å². The molecule has 0 saturated carbocycles. The van der Waals surface area contributed by atoms with Gasteiger partial charge in [0.15, 0.2) is 0 Å². The molecule has 2 N–H and O–H groups in total. The Hall–Kier alpha value is -0.390. The van der Waals surface area contributed by atoms with Crippen LogP contribution in [-0.4, -0.2) is 23.4 Å². The molecule has 16 heavy (non-hydrogen) atoms. The summed E-state index contributed by atoms with van der Waals surface area (Å²) in [6.07, 6.45) is 0.417. The Balaban J connectivity index is 2.58. The molecule has 0 aliphatic heterocycles. The number of nitrogens with zero attached hydrogens (tertiary/aromatic N) is 1. The average molecular weight is 305 g/mol. The van der Waals surface area contributed by atoms with Gasteiger partial charge in [-0.05, 0) is 41.9 Å². The number of amides is 1. The smallest absolute Gasteiger partial charge is 0.224 e. The summed E-state index contributed by atoms with van der Waals surface area (Å²) in [4.78, 5) is 14.9. The Morgan fingerprint density at radius 1 is 1.62 bits per heavy atom. The molecule has 0 bridgehead atoms. The summed E-state index contributed by atoms with van der Waals surface area (Å²) in [6, 6.07) is 3.97. The van der Waals surface area contributed by atoms with Gasteiger partial charge in [-0.3, -0.25) is 4.79 Å². The molecule has 1 aromatic rings. The van der Waals surface area contributed by atoms with Crippen LogP contribution in [0.1, 0.15) is 25.1 Å². The van der Waals surface area contributed by atoms with Crippen molar-refractivity contribution in [3.05, 3.63) is 20.8 Å². The van der Waals surface area contributed by atoms with Crippen LogP contribution in [0.2, 0.25) is 0 Å². The van der Waals surface area contributed by atoms with Gasteiger partial charge in [-0.15, -0.1) is 11.3 Å². The summed E-state index contributed by atoms with van der Waals surface area (Å²) in [5, 5.41) is 0. The molecule has 3 nitrogen and oxygen atoms in total. The third kappa shape index (κ3) is 4.23. The van der Waals surface area contributed by atoms with E-state index in [0.717, 1.165) is 10.3 Å². The SMILES string of the molecule is CCN(Cc1ccc(Br)s1)C(=O)CC(C)N. The highest BCUT2D eigenvalue weighted by molar-refractivity contribution is 9.11. The van der Waals surface area contributed by atoms with Gasteiger partial charge < -0.3 is 10.6 Å². The van der Waals surface area contributed by atoms with Crippen LogP contribution in [0.5, 0.6) is 0 Å². The van der Waals surface area contributed by atoms with E-state index in [2.05, 4.69) is 15.9 Å². The topological polar surface area (TPSA) is 46.3 Å². The van der Waals surface area contributed by atoms with Gasteiger partial charge in [0.1, 0.15) is 0 Å². The van der Waals surface area contributed by atoms with Gasteiger partial charge in [0.05, 0.1) is 10.3 Å². The van der Waals surface area contributed by atoms with Gasteiger partial charge in [-0.25, -0.2) is 0 Å². The summed E-state index contributed by atoms with van der Waals surface area (Å²) in [5.41, 5.74) is 5.63. The van der Waals surface area contributed by atoms with E-state index in [-0.39, 0.29) is 11.9 Å². The van der Waals surface area contributed by atoms with Gasteiger partial charge >= 0.3 is 0 Å². The fourth-order valence-corrected chi connectivity index (χ4v) is 2.90. The first-order chi connectivity index (χ1) is 7.52. The number of carbonyl (C=O) groups excluding carboxylic acids is 1. The molecule has 0 fully saturated rings. The summed E-state index contributed by atoms with van der Waals surface area (Å²) >= 11 is 5.08. The molecule has 5 heteroatoms. The molecule has 0 aromatic carbocycles. The second-order valence-electron chi connectivity index (χ2n) is 3.80. The molecule has 1 amide bonds. The van der Waals surface area contributed by atoms with E-state index in [1.807, 2.05) is 30.9 Å². The monoisotopic (exact) mass is 304 g/mol. The van der Waals surface area contributed by atoms with Crippen molar-refractivity contribution in [2.45, 2.75) is 32.9 Å². The average Bonchev–Trinajstić information content (AvgIpc) is 2.59. The first-order valence-corrected chi connectivity index (χ1v) is 6.91. The minimum absolute atomic E-state index is 0.0726. The fourth-order valence-electron chi connectivity index (χ4n) is 1.41. The molecule has 1 aromatic heterocycles. The first kappa shape index (κ1) is 13.7. The van der Waals surface area contributed by atoms with E-state index >= 15 is 0 Å². The fraction of sp³-hybridized carbons (Fsp3) is 0.545. The van der Waals surface area contributed by atoms with Gasteiger partial charge in [0, 0.05) is 23.9 Å². The van der Waals surface area contributed by atoms with Gasteiger partial charge in [0.2, 0.25) is 5.91 Å². The van der Waals surface area contributed by atoms with Crippen molar-refractivity contribution >= 4 is 33.2 Å². The Morgan fingerprint density at radius 2 is 2.31 bits per heavy atom. The minimum Gasteiger partial charge on any atom is -0.338 e. The molecule has 90 valence electrons. The van der Waals surface area contributed by atoms with Crippen LogP contribution in [0.15, 0.2) is 15.9 Å². The quantitative estimate of drug-likeness (QED) is 0.909. The van der Waals surface area contributed by atoms with Crippen LogP contribution in [-0.2, 0) is 11.3 Å². The van der Waals surface area contributed by atoms with Gasteiger partial charge in [-0.1, -0.05) is 0 Å². The standard InChI is InChI=1S/C11H17BrN2OS/c1-3-14(11(15)6-8(2)13)7-9-4-5-10(12)16-9/h4-5,8H,3,6-7,13H2,1-2H3. The number of hydrogen-bond acceptors (Lipinski definition) is 3. The number of rotatable bonds is 5. The highest BCUT2D eigenvalue weighted by atomic mass is 79.9. The summed E-state index contributed by atoms with van der Waals surface area (Å²) < 4.78 is 1.10. The molecule has 1 unspecified atom stereocenters. The first-order valence-electron chi connectivity index (χ1n) is 5.30. The van der Waals surface area contributed by atoms with E-state index in [4.69, 9.17) is 5.73 Å². The van der Waals surface area contributed by atoms with Gasteiger partial charge in [-0.2, -0.15) is 0 Å². The highest BCUT2D eigenvalue weighted by Crippen LogP contribution is 2.23. The Labute approximate surface area is 109 Å². The molecule has 0 radical (unpaired) electrons. The Kier molecular flexibility index (Phi) is 5.44. The predicted octanol–water partition coefficient (Wildman–Crippen LogP) is 2.60. The molecule has 1 rings (SSSR count). The lowest BCUT2D eigenvalue weighted by Crippen LogP contribution is -2.34. The molecule has 0 aliphatic carbocycles. The summed E-state index contributed by atoms with van der Waals surface area (Å²) in [7, 11) is 0. The third-order valence-electron chi connectivity index (χ3n) is 2.21. The van der Waals surface area contributed by atoms with Crippen molar-refractivity contribution in [1.29, 1.82) is 0 Å². The number of hydrogen-bond donors (Lipinski definition) is 1. The van der Waals surface area contributed by atoms with Crippen molar-refractivity contribution in [3.63, 3.8) is 0 Å². The summed E-state index contributed by atoms with van der Waals surface area (Å²) in [6.45, 7) is 5.24. The van der Waals surface area contributed by atoms with Crippen molar-refractivity contribution in [2.24, 2.45) is 5.73 Å². The lowest BCUT2D eigenvalue weighted by molar-refractivity contribution is -0.131. The van der Waals surface area contributed by atoms with E-state index < -0.39 is 0 Å². The predicted molar refractivity (Wildman–Crippen MR) is 71.4 cm³/mol. The third-order valence-corrected chi connectivity index (χ3v) is 3.81. The second kappa shape index (κ2) is 6.37. The van der Waals surface area contributed by atoms with Crippen molar-refractivity contribution in [2.75, 3.05) is 6.54 Å². The number of nitrogens with two attached hydrogens (primary N) is 1. The zero-order valence-electron chi connectivity index (χ0n) is 9.57. The second-order valence-corrected chi connectivity index (χ2v) is 6.34. The van der Waals surface area contributed by atoms with Crippen LogP contribution < -0.4 is 5.73 Å². The Morgan fingerprint density at radius 3 is 2.75 bits per heavy atom. The van der Waals surface area contributed by atoms with Crippen LogP contribution in [0, 0.1) is 0 Å². The summed E-state index contributed by atoms with van der Waals surface area (Å²) in [5.74, 6) is 0.127. The highest BCUT2D eigenvalue weighted by Gasteiger charge is 2.14. The molecular weight excluding hydrogens is 288 g/mol. The molecule has 1 atom stereocenters. The number of carbonyl (C=O) groups is 1. The van der Waals surface area contributed by atoms with Gasteiger partial charge in [0.25, 0.3) is 0 Å². The molecule has 1 heterocycles. The molecular formula is C11H17BrN2OS. The molecule has 0 spiro atoms. The maximum atomic E-state index is 11.8.